The smallest absolute Gasteiger partial charge is 0.303 e. The van der Waals surface area contributed by atoms with Crippen LogP contribution in [0.5, 0.6) is 0 Å². The molecule has 164 valence electrons. The number of aliphatic hydroxyl groups is 2. The molecule has 0 aromatic heterocycles. The minimum absolute atomic E-state index is 0.136. The number of aliphatic carboxylic acids is 1. The van der Waals surface area contributed by atoms with E-state index in [4.69, 9.17) is 5.11 Å². The Labute approximate surface area is 170 Å². The summed E-state index contributed by atoms with van der Waals surface area (Å²) in [5.41, 5.74) is -0.297. The standard InChI is InChI=1S/C21H38O6S/c1-4-5-14-21(2,3)19(23)13-12-16-17(22)15-28(26,27)18(16)10-8-6-7-9-11-20(24)25/h12-13,16-19,22-23H,4-11,14-15H2,1-3H3,(H,24,25)/b13-12+. The zero-order chi connectivity index (χ0) is 21.4. The van der Waals surface area contributed by atoms with Gasteiger partial charge in [0.25, 0.3) is 0 Å². The second-order valence-electron chi connectivity index (χ2n) is 8.78. The maximum Gasteiger partial charge on any atom is 0.303 e. The van der Waals surface area contributed by atoms with Crippen LogP contribution in [-0.4, -0.2) is 52.9 Å². The Kier molecular flexibility index (Phi) is 10.1. The summed E-state index contributed by atoms with van der Waals surface area (Å²) < 4.78 is 24.9. The van der Waals surface area contributed by atoms with Crippen molar-refractivity contribution >= 4 is 15.8 Å². The maximum absolute atomic E-state index is 12.4. The molecular weight excluding hydrogens is 380 g/mol. The van der Waals surface area contributed by atoms with Crippen LogP contribution in [-0.2, 0) is 14.6 Å². The Bertz CT molecular complexity index is 610. The van der Waals surface area contributed by atoms with E-state index >= 15 is 0 Å². The van der Waals surface area contributed by atoms with E-state index in [2.05, 4.69) is 6.92 Å². The molecule has 1 aliphatic rings. The third kappa shape index (κ3) is 7.84. The summed E-state index contributed by atoms with van der Waals surface area (Å²) in [5, 5.41) is 28.8. The fourth-order valence-corrected chi connectivity index (χ4v) is 6.06. The number of aliphatic hydroxyl groups excluding tert-OH is 2. The lowest BCUT2D eigenvalue weighted by atomic mass is 9.80. The predicted octanol–water partition coefficient (Wildman–Crippen LogP) is 3.32. The van der Waals surface area contributed by atoms with Crippen molar-refractivity contribution in [2.24, 2.45) is 11.3 Å². The molecule has 6 nitrogen and oxygen atoms in total. The van der Waals surface area contributed by atoms with Crippen LogP contribution in [0.2, 0.25) is 0 Å². The molecular formula is C21H38O6S. The Morgan fingerprint density at radius 1 is 1.18 bits per heavy atom. The first-order valence-electron chi connectivity index (χ1n) is 10.5. The van der Waals surface area contributed by atoms with Crippen molar-refractivity contribution in [1.82, 2.24) is 0 Å². The molecule has 0 bridgehead atoms. The Morgan fingerprint density at radius 3 is 2.43 bits per heavy atom. The van der Waals surface area contributed by atoms with Crippen LogP contribution in [0.3, 0.4) is 0 Å². The Morgan fingerprint density at radius 2 is 1.82 bits per heavy atom. The van der Waals surface area contributed by atoms with Gasteiger partial charge in [-0.15, -0.1) is 0 Å². The van der Waals surface area contributed by atoms with Crippen LogP contribution >= 0.6 is 0 Å². The van der Waals surface area contributed by atoms with Gasteiger partial charge in [0.05, 0.1) is 23.2 Å². The molecule has 0 amide bonds. The predicted molar refractivity (Wildman–Crippen MR) is 111 cm³/mol. The van der Waals surface area contributed by atoms with Gasteiger partial charge in [-0.3, -0.25) is 4.79 Å². The van der Waals surface area contributed by atoms with E-state index in [0.717, 1.165) is 32.1 Å². The van der Waals surface area contributed by atoms with Crippen LogP contribution in [0.25, 0.3) is 0 Å². The molecule has 0 aromatic carbocycles. The van der Waals surface area contributed by atoms with Crippen molar-refractivity contribution in [2.45, 2.75) is 96.0 Å². The Balaban J connectivity index is 2.67. The first-order chi connectivity index (χ1) is 13.0. The number of carboxylic acid groups (broad SMARTS) is 1. The lowest BCUT2D eigenvalue weighted by molar-refractivity contribution is -0.137. The van der Waals surface area contributed by atoms with Crippen molar-refractivity contribution in [3.8, 4) is 0 Å². The summed E-state index contributed by atoms with van der Waals surface area (Å²) >= 11 is 0. The highest BCUT2D eigenvalue weighted by Gasteiger charge is 2.44. The number of hydrogen-bond acceptors (Lipinski definition) is 5. The average molecular weight is 419 g/mol. The van der Waals surface area contributed by atoms with Crippen LogP contribution in [0, 0.1) is 11.3 Å². The summed E-state index contributed by atoms with van der Waals surface area (Å²) in [6, 6.07) is 0. The van der Waals surface area contributed by atoms with Crippen LogP contribution < -0.4 is 0 Å². The zero-order valence-corrected chi connectivity index (χ0v) is 18.3. The van der Waals surface area contributed by atoms with Crippen molar-refractivity contribution in [3.05, 3.63) is 12.2 Å². The molecule has 1 aliphatic heterocycles. The van der Waals surface area contributed by atoms with Crippen molar-refractivity contribution in [3.63, 3.8) is 0 Å². The third-order valence-corrected chi connectivity index (χ3v) is 8.14. The number of carboxylic acids is 1. The topological polar surface area (TPSA) is 112 Å². The summed E-state index contributed by atoms with van der Waals surface area (Å²) in [6.45, 7) is 6.09. The summed E-state index contributed by atoms with van der Waals surface area (Å²) in [6.07, 6.45) is 8.07. The van der Waals surface area contributed by atoms with Gasteiger partial charge in [-0.1, -0.05) is 65.0 Å². The molecule has 0 saturated carbocycles. The third-order valence-electron chi connectivity index (χ3n) is 5.86. The van der Waals surface area contributed by atoms with E-state index in [0.29, 0.717) is 19.3 Å². The lowest BCUT2D eigenvalue weighted by Gasteiger charge is -2.29. The maximum atomic E-state index is 12.4. The summed E-state index contributed by atoms with van der Waals surface area (Å²) in [5.74, 6) is -1.55. The second-order valence-corrected chi connectivity index (χ2v) is 11.0. The second kappa shape index (κ2) is 11.3. The van der Waals surface area contributed by atoms with Crippen LogP contribution in [0.15, 0.2) is 12.2 Å². The molecule has 1 rings (SSSR count). The lowest BCUT2D eigenvalue weighted by Crippen LogP contribution is -2.29. The highest BCUT2D eigenvalue weighted by Crippen LogP contribution is 2.34. The molecule has 0 spiro atoms. The zero-order valence-electron chi connectivity index (χ0n) is 17.5. The van der Waals surface area contributed by atoms with Gasteiger partial charge in [0, 0.05) is 12.3 Å². The SMILES string of the molecule is CCCCC(C)(C)C(O)/C=C/C1C(O)CS(=O)(=O)C1CCCCCCC(=O)O. The van der Waals surface area contributed by atoms with E-state index in [-0.39, 0.29) is 17.6 Å². The molecule has 0 aliphatic carbocycles. The molecule has 3 N–H and O–H groups in total. The number of carbonyl (C=O) groups is 1. The van der Waals surface area contributed by atoms with E-state index in [9.17, 15) is 23.4 Å². The van der Waals surface area contributed by atoms with E-state index in [1.807, 2.05) is 13.8 Å². The number of sulfone groups is 1. The van der Waals surface area contributed by atoms with E-state index < -0.39 is 39.2 Å². The summed E-state index contributed by atoms with van der Waals surface area (Å²) in [7, 11) is -3.37. The van der Waals surface area contributed by atoms with Gasteiger partial charge in [0.2, 0.25) is 0 Å². The highest BCUT2D eigenvalue weighted by atomic mass is 32.2. The van der Waals surface area contributed by atoms with E-state index in [1.165, 1.54) is 0 Å². The molecule has 1 saturated heterocycles. The van der Waals surface area contributed by atoms with Gasteiger partial charge in [-0.05, 0) is 24.7 Å². The summed E-state index contributed by atoms with van der Waals surface area (Å²) in [4.78, 5) is 10.5. The minimum atomic E-state index is -3.37. The fourth-order valence-electron chi connectivity index (χ4n) is 3.83. The normalized spacial score (nSPS) is 26.0. The fraction of sp³-hybridized carbons (Fsp3) is 0.857. The van der Waals surface area contributed by atoms with Gasteiger partial charge >= 0.3 is 5.97 Å². The molecule has 1 heterocycles. The monoisotopic (exact) mass is 418 g/mol. The first-order valence-corrected chi connectivity index (χ1v) is 12.2. The number of unbranched alkanes of at least 4 members (excludes halogenated alkanes) is 4. The van der Waals surface area contributed by atoms with Crippen LogP contribution in [0.4, 0.5) is 0 Å². The Hall–Kier alpha value is -0.920. The molecule has 4 unspecified atom stereocenters. The number of hydrogen-bond donors (Lipinski definition) is 3. The highest BCUT2D eigenvalue weighted by molar-refractivity contribution is 7.92. The molecule has 1 fully saturated rings. The van der Waals surface area contributed by atoms with Gasteiger partial charge in [-0.25, -0.2) is 8.42 Å². The van der Waals surface area contributed by atoms with Crippen molar-refractivity contribution < 1.29 is 28.5 Å². The molecule has 0 aromatic rings. The van der Waals surface area contributed by atoms with E-state index in [1.54, 1.807) is 12.2 Å². The molecule has 28 heavy (non-hydrogen) atoms. The first kappa shape index (κ1) is 25.1. The molecule has 4 atom stereocenters. The number of rotatable bonds is 13. The van der Waals surface area contributed by atoms with Crippen LogP contribution in [0.1, 0.15) is 78.6 Å². The minimum Gasteiger partial charge on any atom is -0.481 e. The van der Waals surface area contributed by atoms with Gasteiger partial charge in [-0.2, -0.15) is 0 Å². The van der Waals surface area contributed by atoms with Crippen molar-refractivity contribution in [1.29, 1.82) is 0 Å². The largest absolute Gasteiger partial charge is 0.481 e. The molecule has 0 radical (unpaired) electrons. The van der Waals surface area contributed by atoms with Gasteiger partial charge in [0.1, 0.15) is 0 Å². The van der Waals surface area contributed by atoms with Crippen molar-refractivity contribution in [2.75, 3.05) is 5.75 Å². The van der Waals surface area contributed by atoms with Gasteiger partial charge < -0.3 is 15.3 Å². The average Bonchev–Trinajstić information content (AvgIpc) is 2.81. The molecule has 7 heteroatoms. The van der Waals surface area contributed by atoms with Gasteiger partial charge in [0.15, 0.2) is 9.84 Å². The quantitative estimate of drug-likeness (QED) is 0.312.